The van der Waals surface area contributed by atoms with Crippen molar-refractivity contribution < 1.29 is 4.39 Å². The first kappa shape index (κ1) is 15.7. The van der Waals surface area contributed by atoms with E-state index in [4.69, 9.17) is 0 Å². The fourth-order valence-electron chi connectivity index (χ4n) is 2.80. The third kappa shape index (κ3) is 2.87. The zero-order chi connectivity index (χ0) is 17.4. The first-order valence-electron chi connectivity index (χ1n) is 7.90. The minimum Gasteiger partial charge on any atom is -0.293 e. The van der Waals surface area contributed by atoms with Gasteiger partial charge in [-0.3, -0.25) is 9.36 Å². The van der Waals surface area contributed by atoms with Crippen molar-refractivity contribution in [2.75, 3.05) is 0 Å². The van der Waals surface area contributed by atoms with Gasteiger partial charge in [-0.1, -0.05) is 48.0 Å². The van der Waals surface area contributed by atoms with E-state index in [-0.39, 0.29) is 17.9 Å². The first-order valence-corrected chi connectivity index (χ1v) is 8.78. The molecule has 0 aliphatic carbocycles. The number of nitrogens with zero attached hydrogens (tertiary/aromatic N) is 2. The van der Waals surface area contributed by atoms with Crippen molar-refractivity contribution in [3.63, 3.8) is 0 Å². The largest absolute Gasteiger partial charge is 0.293 e. The molecule has 0 unspecified atom stereocenters. The standard InChI is InChI=1S/C20H15FN2OS/c1-13-6-8-14(9-7-13)16-11-25-19-18(16)22-12-23(20(19)24)10-15-4-2-3-5-17(15)21/h2-9,11-12H,10H2,1H3. The molecule has 0 atom stereocenters. The Bertz CT molecular complexity index is 1110. The van der Waals surface area contributed by atoms with E-state index >= 15 is 0 Å². The van der Waals surface area contributed by atoms with Crippen LogP contribution in [0.2, 0.25) is 0 Å². The summed E-state index contributed by atoms with van der Waals surface area (Å²) in [5.41, 5.74) is 4.20. The van der Waals surface area contributed by atoms with Crippen LogP contribution in [0.15, 0.2) is 65.0 Å². The van der Waals surface area contributed by atoms with Crippen LogP contribution in [0.5, 0.6) is 0 Å². The quantitative estimate of drug-likeness (QED) is 0.540. The maximum Gasteiger partial charge on any atom is 0.271 e. The topological polar surface area (TPSA) is 34.9 Å². The second-order valence-electron chi connectivity index (χ2n) is 5.96. The molecule has 4 aromatic rings. The molecule has 0 saturated heterocycles. The summed E-state index contributed by atoms with van der Waals surface area (Å²) in [6, 6.07) is 14.6. The third-order valence-electron chi connectivity index (χ3n) is 4.21. The van der Waals surface area contributed by atoms with Crippen LogP contribution >= 0.6 is 11.3 Å². The maximum absolute atomic E-state index is 13.8. The number of fused-ring (bicyclic) bond motifs is 1. The number of benzene rings is 2. The number of halogens is 1. The maximum atomic E-state index is 13.8. The van der Waals surface area contributed by atoms with Gasteiger partial charge in [-0.05, 0) is 18.6 Å². The van der Waals surface area contributed by atoms with Gasteiger partial charge in [0.1, 0.15) is 10.5 Å². The summed E-state index contributed by atoms with van der Waals surface area (Å²) < 4.78 is 15.9. The Morgan fingerprint density at radius 1 is 1.12 bits per heavy atom. The SMILES string of the molecule is Cc1ccc(-c2csc3c(=O)n(Cc4ccccc4F)cnc23)cc1. The molecule has 3 nitrogen and oxygen atoms in total. The zero-order valence-corrected chi connectivity index (χ0v) is 14.4. The number of aromatic nitrogens is 2. The zero-order valence-electron chi connectivity index (χ0n) is 13.6. The average Bonchev–Trinajstić information content (AvgIpc) is 3.05. The van der Waals surface area contributed by atoms with Crippen LogP contribution in [0, 0.1) is 12.7 Å². The Kier molecular flexibility index (Phi) is 3.93. The predicted octanol–water partition coefficient (Wildman–Crippen LogP) is 4.62. The highest BCUT2D eigenvalue weighted by molar-refractivity contribution is 7.17. The average molecular weight is 350 g/mol. The summed E-state index contributed by atoms with van der Waals surface area (Å²) in [5, 5.41) is 1.96. The molecular weight excluding hydrogens is 335 g/mol. The smallest absolute Gasteiger partial charge is 0.271 e. The summed E-state index contributed by atoms with van der Waals surface area (Å²) in [4.78, 5) is 17.2. The molecule has 0 saturated carbocycles. The molecule has 0 radical (unpaired) electrons. The minimum atomic E-state index is -0.318. The molecule has 0 aliphatic heterocycles. The van der Waals surface area contributed by atoms with Crippen LogP contribution in [0.3, 0.4) is 0 Å². The molecule has 25 heavy (non-hydrogen) atoms. The van der Waals surface area contributed by atoms with E-state index in [1.165, 1.54) is 33.9 Å². The van der Waals surface area contributed by atoms with E-state index in [0.29, 0.717) is 15.8 Å². The van der Waals surface area contributed by atoms with Crippen molar-refractivity contribution in [3.05, 3.63) is 87.5 Å². The summed E-state index contributed by atoms with van der Waals surface area (Å²) in [7, 11) is 0. The molecule has 0 amide bonds. The van der Waals surface area contributed by atoms with E-state index in [1.54, 1.807) is 18.2 Å². The fraction of sp³-hybridized carbons (Fsp3) is 0.100. The molecule has 2 aromatic heterocycles. The van der Waals surface area contributed by atoms with Crippen molar-refractivity contribution in [2.24, 2.45) is 0 Å². The van der Waals surface area contributed by atoms with E-state index in [1.807, 2.05) is 36.6 Å². The van der Waals surface area contributed by atoms with Crippen LogP contribution in [-0.2, 0) is 6.54 Å². The Labute approximate surface area is 148 Å². The van der Waals surface area contributed by atoms with Crippen molar-refractivity contribution in [3.8, 4) is 11.1 Å². The lowest BCUT2D eigenvalue weighted by atomic mass is 10.1. The third-order valence-corrected chi connectivity index (χ3v) is 5.16. The molecule has 5 heteroatoms. The molecule has 124 valence electrons. The Morgan fingerprint density at radius 3 is 2.64 bits per heavy atom. The summed E-state index contributed by atoms with van der Waals surface area (Å²) in [5.74, 6) is -0.318. The highest BCUT2D eigenvalue weighted by atomic mass is 32.1. The molecule has 2 heterocycles. The van der Waals surface area contributed by atoms with Crippen LogP contribution in [-0.4, -0.2) is 9.55 Å². The number of aryl methyl sites for hydroxylation is 1. The van der Waals surface area contributed by atoms with Gasteiger partial charge in [-0.15, -0.1) is 11.3 Å². The lowest BCUT2D eigenvalue weighted by Gasteiger charge is -2.07. The van der Waals surface area contributed by atoms with Crippen molar-refractivity contribution in [1.29, 1.82) is 0 Å². The first-order chi connectivity index (χ1) is 12.1. The molecule has 0 bridgehead atoms. The van der Waals surface area contributed by atoms with Gasteiger partial charge in [0.05, 0.1) is 18.4 Å². The number of hydrogen-bond donors (Lipinski definition) is 0. The van der Waals surface area contributed by atoms with Crippen molar-refractivity contribution >= 4 is 21.6 Å². The fourth-order valence-corrected chi connectivity index (χ4v) is 3.78. The van der Waals surface area contributed by atoms with Gasteiger partial charge in [0.2, 0.25) is 0 Å². The van der Waals surface area contributed by atoms with E-state index in [2.05, 4.69) is 4.98 Å². The number of rotatable bonds is 3. The number of thiophene rings is 1. The molecule has 0 N–H and O–H groups in total. The summed E-state index contributed by atoms with van der Waals surface area (Å²) in [6.07, 6.45) is 1.50. The Hall–Kier alpha value is -2.79. The minimum absolute atomic E-state index is 0.142. The van der Waals surface area contributed by atoms with Crippen LogP contribution in [0.25, 0.3) is 21.3 Å². The van der Waals surface area contributed by atoms with Gasteiger partial charge >= 0.3 is 0 Å². The lowest BCUT2D eigenvalue weighted by Crippen LogP contribution is -2.20. The molecule has 2 aromatic carbocycles. The van der Waals surface area contributed by atoms with E-state index < -0.39 is 0 Å². The Morgan fingerprint density at radius 2 is 1.88 bits per heavy atom. The molecule has 0 aliphatic rings. The van der Waals surface area contributed by atoms with Crippen LogP contribution < -0.4 is 5.56 Å². The molecule has 4 rings (SSSR count). The van der Waals surface area contributed by atoms with E-state index in [9.17, 15) is 9.18 Å². The molecule has 0 fully saturated rings. The normalized spacial score (nSPS) is 11.1. The highest BCUT2D eigenvalue weighted by Crippen LogP contribution is 2.30. The molecule has 0 spiro atoms. The predicted molar refractivity (Wildman–Crippen MR) is 99.6 cm³/mol. The van der Waals surface area contributed by atoms with Gasteiger partial charge in [0.15, 0.2) is 0 Å². The van der Waals surface area contributed by atoms with Crippen molar-refractivity contribution in [1.82, 2.24) is 9.55 Å². The van der Waals surface area contributed by atoms with Gasteiger partial charge in [-0.2, -0.15) is 0 Å². The van der Waals surface area contributed by atoms with Gasteiger partial charge in [-0.25, -0.2) is 9.37 Å². The lowest BCUT2D eigenvalue weighted by molar-refractivity contribution is 0.595. The van der Waals surface area contributed by atoms with Crippen LogP contribution in [0.1, 0.15) is 11.1 Å². The van der Waals surface area contributed by atoms with Gasteiger partial charge in [0, 0.05) is 16.5 Å². The van der Waals surface area contributed by atoms with Crippen LogP contribution in [0.4, 0.5) is 4.39 Å². The van der Waals surface area contributed by atoms with Gasteiger partial charge in [0.25, 0.3) is 5.56 Å². The Balaban J connectivity index is 1.78. The number of hydrogen-bond acceptors (Lipinski definition) is 3. The van der Waals surface area contributed by atoms with Crippen molar-refractivity contribution in [2.45, 2.75) is 13.5 Å². The summed E-state index contributed by atoms with van der Waals surface area (Å²) >= 11 is 1.38. The highest BCUT2D eigenvalue weighted by Gasteiger charge is 2.13. The molecular formula is C20H15FN2OS. The van der Waals surface area contributed by atoms with Gasteiger partial charge < -0.3 is 0 Å². The van der Waals surface area contributed by atoms with E-state index in [0.717, 1.165) is 11.1 Å². The summed E-state index contributed by atoms with van der Waals surface area (Å²) in [6.45, 7) is 2.21. The monoisotopic (exact) mass is 350 g/mol. The second kappa shape index (κ2) is 6.26. The second-order valence-corrected chi connectivity index (χ2v) is 6.84.